The molecule has 3 nitrogen and oxygen atoms in total. The van der Waals surface area contributed by atoms with E-state index in [-0.39, 0.29) is 0 Å². The van der Waals surface area contributed by atoms with E-state index < -0.39 is 0 Å². The van der Waals surface area contributed by atoms with Crippen LogP contribution in [0.1, 0.15) is 32.6 Å². The number of rotatable bonds is 2. The molecule has 1 aromatic carbocycles. The first-order chi connectivity index (χ1) is 8.33. The van der Waals surface area contributed by atoms with Gasteiger partial charge in [0.1, 0.15) is 5.52 Å². The number of hydrogen-bond acceptors (Lipinski definition) is 3. The van der Waals surface area contributed by atoms with E-state index in [0.717, 1.165) is 11.1 Å². The number of hydrogen-bond donors (Lipinski definition) is 1. The predicted octanol–water partition coefficient (Wildman–Crippen LogP) is 3.82. The third kappa shape index (κ3) is 2.14. The van der Waals surface area contributed by atoms with Gasteiger partial charge in [-0.3, -0.25) is 0 Å². The average molecular weight is 230 g/mol. The minimum atomic E-state index is 0.511. The molecule has 90 valence electrons. The summed E-state index contributed by atoms with van der Waals surface area (Å²) in [5.74, 6) is 0.707. The van der Waals surface area contributed by atoms with Gasteiger partial charge in [0.15, 0.2) is 5.58 Å². The number of oxazole rings is 1. The Kier molecular flexibility index (Phi) is 2.75. The minimum Gasteiger partial charge on any atom is -0.424 e. The largest absolute Gasteiger partial charge is 0.424 e. The predicted molar refractivity (Wildman–Crippen MR) is 69.1 cm³/mol. The second-order valence-electron chi connectivity index (χ2n) is 5.00. The Balaban J connectivity index is 1.79. The van der Waals surface area contributed by atoms with Crippen LogP contribution in [0.5, 0.6) is 0 Å². The molecule has 1 heterocycles. The van der Waals surface area contributed by atoms with Crippen molar-refractivity contribution in [1.29, 1.82) is 0 Å². The highest BCUT2D eigenvalue weighted by Crippen LogP contribution is 2.27. The topological polar surface area (TPSA) is 38.1 Å². The van der Waals surface area contributed by atoms with E-state index in [4.69, 9.17) is 4.42 Å². The molecule has 3 heteroatoms. The number of nitrogens with one attached hydrogen (secondary N) is 1. The van der Waals surface area contributed by atoms with Crippen LogP contribution in [0, 0.1) is 5.92 Å². The van der Waals surface area contributed by atoms with Crippen LogP contribution < -0.4 is 5.32 Å². The molecule has 0 amide bonds. The van der Waals surface area contributed by atoms with Crippen molar-refractivity contribution < 1.29 is 4.42 Å². The highest BCUT2D eigenvalue weighted by molar-refractivity contribution is 5.74. The molecule has 2 aromatic rings. The number of aromatic nitrogens is 1. The van der Waals surface area contributed by atoms with Gasteiger partial charge in [0, 0.05) is 6.04 Å². The second-order valence-corrected chi connectivity index (χ2v) is 5.00. The molecule has 1 fully saturated rings. The first-order valence-corrected chi connectivity index (χ1v) is 6.45. The van der Waals surface area contributed by atoms with E-state index in [9.17, 15) is 0 Å². The van der Waals surface area contributed by atoms with Gasteiger partial charge in [-0.25, -0.2) is 0 Å². The molecule has 3 rings (SSSR count). The molecule has 0 spiro atoms. The van der Waals surface area contributed by atoms with Gasteiger partial charge in [-0.15, -0.1) is 0 Å². The molecule has 0 unspecified atom stereocenters. The van der Waals surface area contributed by atoms with E-state index >= 15 is 0 Å². The van der Waals surface area contributed by atoms with Crippen LogP contribution in [0.4, 0.5) is 6.01 Å². The number of nitrogens with zero attached hydrogens (tertiary/aromatic N) is 1. The van der Waals surface area contributed by atoms with Crippen LogP contribution in [0.15, 0.2) is 28.7 Å². The quantitative estimate of drug-likeness (QED) is 0.852. The maximum Gasteiger partial charge on any atom is 0.295 e. The van der Waals surface area contributed by atoms with Gasteiger partial charge < -0.3 is 9.73 Å². The van der Waals surface area contributed by atoms with Crippen LogP contribution in [-0.4, -0.2) is 11.0 Å². The van der Waals surface area contributed by atoms with Crippen LogP contribution in [-0.2, 0) is 0 Å². The van der Waals surface area contributed by atoms with Crippen molar-refractivity contribution in [1.82, 2.24) is 4.98 Å². The van der Waals surface area contributed by atoms with Crippen molar-refractivity contribution in [3.63, 3.8) is 0 Å². The van der Waals surface area contributed by atoms with Crippen molar-refractivity contribution in [2.75, 3.05) is 5.32 Å². The van der Waals surface area contributed by atoms with Gasteiger partial charge in [-0.2, -0.15) is 4.98 Å². The molecule has 0 aliphatic heterocycles. The summed E-state index contributed by atoms with van der Waals surface area (Å²) in [5, 5.41) is 3.44. The lowest BCUT2D eigenvalue weighted by molar-refractivity contribution is 0.344. The molecule has 0 radical (unpaired) electrons. The van der Waals surface area contributed by atoms with Crippen molar-refractivity contribution in [2.24, 2.45) is 5.92 Å². The van der Waals surface area contributed by atoms with E-state index in [2.05, 4.69) is 17.2 Å². The summed E-state index contributed by atoms with van der Waals surface area (Å²) in [4.78, 5) is 4.46. The van der Waals surface area contributed by atoms with Gasteiger partial charge >= 0.3 is 0 Å². The Labute approximate surface area is 101 Å². The Morgan fingerprint density at radius 3 is 2.88 bits per heavy atom. The lowest BCUT2D eigenvalue weighted by Gasteiger charge is -2.28. The molecular formula is C14H18N2O. The molecule has 2 atom stereocenters. The first-order valence-electron chi connectivity index (χ1n) is 6.45. The van der Waals surface area contributed by atoms with Crippen molar-refractivity contribution in [2.45, 2.75) is 38.6 Å². The Morgan fingerprint density at radius 2 is 2.06 bits per heavy atom. The fraction of sp³-hybridized carbons (Fsp3) is 0.500. The summed E-state index contributed by atoms with van der Waals surface area (Å²) in [6, 6.07) is 9.08. The van der Waals surface area contributed by atoms with Gasteiger partial charge in [0.2, 0.25) is 0 Å². The number of benzene rings is 1. The molecule has 0 bridgehead atoms. The van der Waals surface area contributed by atoms with Crippen molar-refractivity contribution in [3.8, 4) is 0 Å². The highest BCUT2D eigenvalue weighted by Gasteiger charge is 2.22. The standard InChI is InChI=1S/C14H18N2O/c1-10-6-2-3-7-11(10)15-14-16-12-8-4-5-9-13(12)17-14/h4-5,8-11H,2-3,6-7H2,1H3,(H,15,16)/t10-,11+/m1/s1. The first kappa shape index (κ1) is 10.6. The van der Waals surface area contributed by atoms with Crippen LogP contribution in [0.3, 0.4) is 0 Å². The third-order valence-electron chi connectivity index (χ3n) is 3.71. The number of anilines is 1. The van der Waals surface area contributed by atoms with E-state index in [0.29, 0.717) is 18.0 Å². The summed E-state index contributed by atoms with van der Waals surface area (Å²) >= 11 is 0. The van der Waals surface area contributed by atoms with Crippen molar-refractivity contribution >= 4 is 17.1 Å². The zero-order chi connectivity index (χ0) is 11.7. The molecule has 1 aliphatic rings. The molecule has 0 saturated heterocycles. The lowest BCUT2D eigenvalue weighted by Crippen LogP contribution is -2.30. The fourth-order valence-electron chi connectivity index (χ4n) is 2.62. The van der Waals surface area contributed by atoms with Crippen LogP contribution >= 0.6 is 0 Å². The zero-order valence-electron chi connectivity index (χ0n) is 10.1. The number of para-hydroxylation sites is 2. The smallest absolute Gasteiger partial charge is 0.295 e. The maximum absolute atomic E-state index is 5.70. The Bertz CT molecular complexity index is 473. The molecular weight excluding hydrogens is 212 g/mol. The van der Waals surface area contributed by atoms with Crippen LogP contribution in [0.25, 0.3) is 11.1 Å². The monoisotopic (exact) mass is 230 g/mol. The Morgan fingerprint density at radius 1 is 1.24 bits per heavy atom. The zero-order valence-corrected chi connectivity index (χ0v) is 10.1. The van der Waals surface area contributed by atoms with Crippen molar-refractivity contribution in [3.05, 3.63) is 24.3 Å². The summed E-state index contributed by atoms with van der Waals surface area (Å²) in [6.07, 6.45) is 5.19. The normalized spacial score (nSPS) is 25.0. The van der Waals surface area contributed by atoms with Gasteiger partial charge in [-0.1, -0.05) is 31.9 Å². The lowest BCUT2D eigenvalue weighted by atomic mass is 9.86. The molecule has 1 saturated carbocycles. The van der Waals surface area contributed by atoms with Gasteiger partial charge in [0.25, 0.3) is 6.01 Å². The van der Waals surface area contributed by atoms with Crippen LogP contribution in [0.2, 0.25) is 0 Å². The molecule has 1 aliphatic carbocycles. The summed E-state index contributed by atoms with van der Waals surface area (Å²) in [5.41, 5.74) is 1.79. The summed E-state index contributed by atoms with van der Waals surface area (Å²) in [6.45, 7) is 2.31. The SMILES string of the molecule is C[C@@H]1CCCC[C@@H]1Nc1nc2ccccc2o1. The molecule has 17 heavy (non-hydrogen) atoms. The van der Waals surface area contributed by atoms with E-state index in [1.165, 1.54) is 25.7 Å². The number of fused-ring (bicyclic) bond motifs is 1. The molecule has 1 N–H and O–H groups in total. The van der Waals surface area contributed by atoms with Gasteiger partial charge in [-0.05, 0) is 30.9 Å². The maximum atomic E-state index is 5.70. The van der Waals surface area contributed by atoms with E-state index in [1.54, 1.807) is 0 Å². The summed E-state index contributed by atoms with van der Waals surface area (Å²) < 4.78 is 5.70. The van der Waals surface area contributed by atoms with E-state index in [1.807, 2.05) is 24.3 Å². The Hall–Kier alpha value is -1.51. The van der Waals surface area contributed by atoms with Gasteiger partial charge in [0.05, 0.1) is 0 Å². The highest BCUT2D eigenvalue weighted by atomic mass is 16.4. The molecule has 1 aromatic heterocycles. The minimum absolute atomic E-state index is 0.511. The average Bonchev–Trinajstić information content (AvgIpc) is 2.74. The fourth-order valence-corrected chi connectivity index (χ4v) is 2.62. The third-order valence-corrected chi connectivity index (χ3v) is 3.71. The second kappa shape index (κ2) is 4.40. The summed E-state index contributed by atoms with van der Waals surface area (Å²) in [7, 11) is 0.